The molecule has 0 aliphatic rings. The third-order valence-corrected chi connectivity index (χ3v) is 2.69. The second kappa shape index (κ2) is 4.41. The number of methoxy groups -OCH3 is 1. The first-order valence-corrected chi connectivity index (χ1v) is 5.38. The van der Waals surface area contributed by atoms with E-state index in [0.717, 1.165) is 4.96 Å². The van der Waals surface area contributed by atoms with Crippen LogP contribution in [0.3, 0.4) is 0 Å². The second-order valence-corrected chi connectivity index (χ2v) is 3.84. The van der Waals surface area contributed by atoms with E-state index in [9.17, 15) is 4.79 Å². The zero-order chi connectivity index (χ0) is 10.7. The van der Waals surface area contributed by atoms with Crippen molar-refractivity contribution in [2.75, 3.05) is 20.3 Å². The summed E-state index contributed by atoms with van der Waals surface area (Å²) in [7, 11) is 1.60. The summed E-state index contributed by atoms with van der Waals surface area (Å²) in [6.45, 7) is 1.01. The molecule has 0 aliphatic heterocycles. The van der Waals surface area contributed by atoms with Gasteiger partial charge in [-0.15, -0.1) is 11.3 Å². The zero-order valence-electron chi connectivity index (χ0n) is 8.27. The third-order valence-electron chi connectivity index (χ3n) is 1.92. The quantitative estimate of drug-likeness (QED) is 0.782. The van der Waals surface area contributed by atoms with Gasteiger partial charge in [-0.1, -0.05) is 0 Å². The molecule has 2 aromatic rings. The molecule has 2 heterocycles. The molecule has 2 aromatic heterocycles. The monoisotopic (exact) mass is 225 g/mol. The molecule has 0 spiro atoms. The van der Waals surface area contributed by atoms with Crippen LogP contribution in [0.5, 0.6) is 0 Å². The molecule has 0 unspecified atom stereocenters. The highest BCUT2D eigenvalue weighted by atomic mass is 32.1. The molecule has 1 amide bonds. The number of rotatable bonds is 4. The largest absolute Gasteiger partial charge is 0.383 e. The number of hydrogen-bond acceptors (Lipinski definition) is 4. The molecular formula is C9H11N3O2S. The van der Waals surface area contributed by atoms with Crippen molar-refractivity contribution in [2.24, 2.45) is 0 Å². The molecule has 0 aromatic carbocycles. The van der Waals surface area contributed by atoms with Crippen LogP contribution < -0.4 is 5.32 Å². The molecule has 2 rings (SSSR count). The highest BCUT2D eigenvalue weighted by Crippen LogP contribution is 2.10. The van der Waals surface area contributed by atoms with Gasteiger partial charge in [0.1, 0.15) is 5.69 Å². The van der Waals surface area contributed by atoms with Gasteiger partial charge in [-0.05, 0) is 0 Å². The number of carbonyl (C=O) groups is 1. The minimum absolute atomic E-state index is 0.164. The molecule has 0 aliphatic carbocycles. The van der Waals surface area contributed by atoms with E-state index in [1.165, 1.54) is 11.3 Å². The lowest BCUT2D eigenvalue weighted by molar-refractivity contribution is 0.0933. The number of carbonyl (C=O) groups excluding carboxylic acids is 1. The van der Waals surface area contributed by atoms with Gasteiger partial charge in [0.2, 0.25) is 0 Å². The molecule has 0 saturated carbocycles. The van der Waals surface area contributed by atoms with Gasteiger partial charge < -0.3 is 10.1 Å². The lowest BCUT2D eigenvalue weighted by atomic mass is 10.4. The van der Waals surface area contributed by atoms with Crippen molar-refractivity contribution in [3.63, 3.8) is 0 Å². The molecule has 0 radical (unpaired) electrons. The van der Waals surface area contributed by atoms with Gasteiger partial charge >= 0.3 is 0 Å². The number of ether oxygens (including phenoxy) is 1. The van der Waals surface area contributed by atoms with E-state index in [0.29, 0.717) is 18.8 Å². The van der Waals surface area contributed by atoms with Crippen LogP contribution in [0.4, 0.5) is 0 Å². The summed E-state index contributed by atoms with van der Waals surface area (Å²) in [6.07, 6.45) is 3.59. The molecule has 1 N–H and O–H groups in total. The fraction of sp³-hybridized carbons (Fsp3) is 0.333. The molecule has 15 heavy (non-hydrogen) atoms. The Hall–Kier alpha value is -1.40. The number of thiazole rings is 1. The first-order chi connectivity index (χ1) is 7.31. The number of nitrogens with zero attached hydrogens (tertiary/aromatic N) is 2. The van der Waals surface area contributed by atoms with Gasteiger partial charge in [-0.3, -0.25) is 9.20 Å². The summed E-state index contributed by atoms with van der Waals surface area (Å²) < 4.78 is 6.66. The molecule has 0 bridgehead atoms. The Kier molecular flexibility index (Phi) is 2.98. The number of hydrogen-bond donors (Lipinski definition) is 1. The van der Waals surface area contributed by atoms with E-state index < -0.39 is 0 Å². The van der Waals surface area contributed by atoms with Crippen molar-refractivity contribution in [1.29, 1.82) is 0 Å². The Balaban J connectivity index is 2.04. The SMILES string of the molecule is COCCNC(=O)c1cn2ccsc2n1. The van der Waals surface area contributed by atoms with Crippen LogP contribution in [0.1, 0.15) is 10.5 Å². The molecule has 0 saturated heterocycles. The van der Waals surface area contributed by atoms with Crippen LogP contribution in [0.15, 0.2) is 17.8 Å². The molecule has 5 nitrogen and oxygen atoms in total. The van der Waals surface area contributed by atoms with E-state index in [4.69, 9.17) is 4.74 Å². The van der Waals surface area contributed by atoms with E-state index in [-0.39, 0.29) is 5.91 Å². The summed E-state index contributed by atoms with van der Waals surface area (Å²) in [6, 6.07) is 0. The van der Waals surface area contributed by atoms with Gasteiger partial charge in [0.15, 0.2) is 4.96 Å². The minimum atomic E-state index is -0.164. The Morgan fingerprint density at radius 3 is 3.33 bits per heavy atom. The van der Waals surface area contributed by atoms with Gasteiger partial charge in [-0.25, -0.2) is 4.98 Å². The van der Waals surface area contributed by atoms with Crippen molar-refractivity contribution < 1.29 is 9.53 Å². The van der Waals surface area contributed by atoms with Gasteiger partial charge in [0.25, 0.3) is 5.91 Å². The fourth-order valence-electron chi connectivity index (χ4n) is 1.19. The van der Waals surface area contributed by atoms with Gasteiger partial charge in [-0.2, -0.15) is 0 Å². The van der Waals surface area contributed by atoms with Crippen LogP contribution in [0.2, 0.25) is 0 Å². The van der Waals surface area contributed by atoms with Crippen LogP contribution >= 0.6 is 11.3 Å². The van der Waals surface area contributed by atoms with Crippen molar-refractivity contribution in [2.45, 2.75) is 0 Å². The lowest BCUT2D eigenvalue weighted by Gasteiger charge is -2.00. The first kappa shape index (κ1) is 10.1. The van der Waals surface area contributed by atoms with E-state index in [1.807, 2.05) is 16.0 Å². The fourth-order valence-corrected chi connectivity index (χ4v) is 1.89. The Morgan fingerprint density at radius 2 is 2.60 bits per heavy atom. The number of imidazole rings is 1. The molecule has 0 atom stereocenters. The highest BCUT2D eigenvalue weighted by Gasteiger charge is 2.10. The topological polar surface area (TPSA) is 55.6 Å². The maximum absolute atomic E-state index is 11.5. The van der Waals surface area contributed by atoms with Crippen LogP contribution in [-0.4, -0.2) is 35.6 Å². The average Bonchev–Trinajstić information content (AvgIpc) is 2.76. The van der Waals surface area contributed by atoms with Crippen molar-refractivity contribution in [1.82, 2.24) is 14.7 Å². The normalized spacial score (nSPS) is 10.7. The van der Waals surface area contributed by atoms with Crippen LogP contribution in [-0.2, 0) is 4.74 Å². The summed E-state index contributed by atoms with van der Waals surface area (Å²) in [5.74, 6) is -0.164. The average molecular weight is 225 g/mol. The van der Waals surface area contributed by atoms with Gasteiger partial charge in [0.05, 0.1) is 6.61 Å². The molecule has 0 fully saturated rings. The molecule has 80 valence electrons. The predicted molar refractivity (Wildman–Crippen MR) is 57.3 cm³/mol. The highest BCUT2D eigenvalue weighted by molar-refractivity contribution is 7.15. The molecular weight excluding hydrogens is 214 g/mol. The zero-order valence-corrected chi connectivity index (χ0v) is 9.08. The predicted octanol–water partition coefficient (Wildman–Crippen LogP) is 0.772. The van der Waals surface area contributed by atoms with Crippen LogP contribution in [0, 0.1) is 0 Å². The summed E-state index contributed by atoms with van der Waals surface area (Å²) in [5.41, 5.74) is 0.443. The second-order valence-electron chi connectivity index (χ2n) is 2.97. The van der Waals surface area contributed by atoms with Crippen molar-refractivity contribution in [3.05, 3.63) is 23.5 Å². The lowest BCUT2D eigenvalue weighted by Crippen LogP contribution is -2.27. The maximum atomic E-state index is 11.5. The smallest absolute Gasteiger partial charge is 0.271 e. The van der Waals surface area contributed by atoms with Crippen LogP contribution in [0.25, 0.3) is 4.96 Å². The van der Waals surface area contributed by atoms with E-state index in [2.05, 4.69) is 10.3 Å². The number of amides is 1. The summed E-state index contributed by atoms with van der Waals surface area (Å²) in [5, 5.41) is 4.64. The van der Waals surface area contributed by atoms with E-state index in [1.54, 1.807) is 13.3 Å². The van der Waals surface area contributed by atoms with Crippen molar-refractivity contribution >= 4 is 22.2 Å². The Morgan fingerprint density at radius 1 is 1.73 bits per heavy atom. The number of fused-ring (bicyclic) bond motifs is 1. The number of nitrogens with one attached hydrogen (secondary N) is 1. The first-order valence-electron chi connectivity index (χ1n) is 4.50. The molecule has 6 heteroatoms. The van der Waals surface area contributed by atoms with E-state index >= 15 is 0 Å². The standard InChI is InChI=1S/C9H11N3O2S/c1-14-4-2-10-8(13)7-6-12-3-5-15-9(12)11-7/h3,5-6H,2,4H2,1H3,(H,10,13). The Bertz CT molecular complexity index is 434. The third kappa shape index (κ3) is 2.16. The summed E-state index contributed by atoms with van der Waals surface area (Å²) >= 11 is 1.50. The maximum Gasteiger partial charge on any atom is 0.271 e. The summed E-state index contributed by atoms with van der Waals surface area (Å²) in [4.78, 5) is 16.6. The van der Waals surface area contributed by atoms with Gasteiger partial charge in [0, 0.05) is 31.4 Å². The Labute approximate surface area is 90.7 Å². The van der Waals surface area contributed by atoms with Crippen molar-refractivity contribution in [3.8, 4) is 0 Å². The number of aromatic nitrogens is 2. The minimum Gasteiger partial charge on any atom is -0.383 e.